The summed E-state index contributed by atoms with van der Waals surface area (Å²) in [6.45, 7) is 3.21. The molecule has 0 spiro atoms. The first-order chi connectivity index (χ1) is 13.4. The van der Waals surface area contributed by atoms with Crippen molar-refractivity contribution in [2.24, 2.45) is 5.92 Å². The van der Waals surface area contributed by atoms with Crippen molar-refractivity contribution < 1.29 is 19.1 Å². The number of aryl methyl sites for hydroxylation is 1. The van der Waals surface area contributed by atoms with Gasteiger partial charge in [0.1, 0.15) is 11.5 Å². The Bertz CT molecular complexity index is 1090. The number of imidazole rings is 1. The van der Waals surface area contributed by atoms with Gasteiger partial charge in [-0.15, -0.1) is 0 Å². The average molecular weight is 378 g/mol. The molecule has 6 heteroatoms. The van der Waals surface area contributed by atoms with Crippen molar-refractivity contribution >= 4 is 22.6 Å². The van der Waals surface area contributed by atoms with Gasteiger partial charge >= 0.3 is 0 Å². The van der Waals surface area contributed by atoms with E-state index in [0.717, 1.165) is 22.4 Å². The average Bonchev–Trinajstić information content (AvgIpc) is 3.28. The minimum absolute atomic E-state index is 0.158. The summed E-state index contributed by atoms with van der Waals surface area (Å²) >= 11 is 0. The number of H-pyrrole nitrogens is 1. The van der Waals surface area contributed by atoms with Gasteiger partial charge in [0.15, 0.2) is 11.5 Å². The number of Topliss-reactive ketones (excluding diaryl/α,β-unsaturated/α-hetero) is 2. The predicted octanol–water partition coefficient (Wildman–Crippen LogP) is 4.17. The molecule has 2 N–H and O–H groups in total. The zero-order chi connectivity index (χ0) is 19.8. The number of ketones is 2. The van der Waals surface area contributed by atoms with Crippen LogP contribution < -0.4 is 0 Å². The maximum absolute atomic E-state index is 12.9. The third-order valence-corrected chi connectivity index (χ3v) is 5.46. The van der Waals surface area contributed by atoms with E-state index >= 15 is 0 Å². The van der Waals surface area contributed by atoms with E-state index in [4.69, 9.17) is 4.42 Å². The van der Waals surface area contributed by atoms with Gasteiger partial charge in [-0.25, -0.2) is 4.98 Å². The third-order valence-electron chi connectivity index (χ3n) is 5.46. The molecular weight excluding hydrogens is 356 g/mol. The number of hydrogen-bond acceptors (Lipinski definition) is 5. The molecule has 28 heavy (non-hydrogen) atoms. The monoisotopic (exact) mass is 378 g/mol. The molecule has 6 nitrogen and oxygen atoms in total. The smallest absolute Gasteiger partial charge is 0.200 e. The van der Waals surface area contributed by atoms with E-state index in [9.17, 15) is 14.7 Å². The molecule has 2 heterocycles. The molecule has 0 fully saturated rings. The molecule has 4 rings (SSSR count). The second-order valence-electron chi connectivity index (χ2n) is 7.42. The van der Waals surface area contributed by atoms with Crippen LogP contribution in [0.25, 0.3) is 11.0 Å². The van der Waals surface area contributed by atoms with E-state index in [0.29, 0.717) is 25.0 Å². The first kappa shape index (κ1) is 18.2. The van der Waals surface area contributed by atoms with Crippen LogP contribution in [0.15, 0.2) is 52.4 Å². The molecular formula is C22H22N2O4. The summed E-state index contributed by atoms with van der Waals surface area (Å²) in [6, 6.07) is 9.47. The minimum Gasteiger partial charge on any atom is -0.504 e. The summed E-state index contributed by atoms with van der Waals surface area (Å²) in [5.74, 6) is -0.549. The fourth-order valence-electron chi connectivity index (χ4n) is 4.06. The molecule has 0 saturated carbocycles. The molecule has 0 amide bonds. The fraction of sp³-hybridized carbons (Fsp3) is 0.318. The van der Waals surface area contributed by atoms with E-state index in [-0.39, 0.29) is 17.1 Å². The van der Waals surface area contributed by atoms with E-state index in [1.165, 1.54) is 6.92 Å². The molecule has 1 aliphatic rings. The maximum atomic E-state index is 12.9. The summed E-state index contributed by atoms with van der Waals surface area (Å²) in [5.41, 5.74) is 2.92. The van der Waals surface area contributed by atoms with E-state index in [2.05, 4.69) is 9.97 Å². The molecule has 2 unspecified atom stereocenters. The highest BCUT2D eigenvalue weighted by molar-refractivity contribution is 6.06. The van der Waals surface area contributed by atoms with Crippen molar-refractivity contribution in [3.05, 3.63) is 65.1 Å². The number of carbonyl (C=O) groups is 2. The van der Waals surface area contributed by atoms with E-state index in [1.54, 1.807) is 6.33 Å². The SMILES string of the molecule is CC(=O)C1=C(O)C(=O)C(Cc2ccc3nc[nH]c3c2)CCC1c1ccc(C)o1. The van der Waals surface area contributed by atoms with Crippen LogP contribution in [0.5, 0.6) is 0 Å². The highest BCUT2D eigenvalue weighted by atomic mass is 16.3. The molecule has 0 aliphatic heterocycles. The molecule has 2 atom stereocenters. The van der Waals surface area contributed by atoms with Crippen molar-refractivity contribution in [1.82, 2.24) is 9.97 Å². The highest BCUT2D eigenvalue weighted by Crippen LogP contribution is 2.38. The number of aromatic amines is 1. The van der Waals surface area contributed by atoms with Crippen LogP contribution in [-0.4, -0.2) is 26.6 Å². The van der Waals surface area contributed by atoms with Gasteiger partial charge in [-0.05, 0) is 62.9 Å². The number of benzene rings is 1. The number of allylic oxidation sites excluding steroid dienone is 2. The summed E-state index contributed by atoms with van der Waals surface area (Å²) < 4.78 is 5.72. The first-order valence-electron chi connectivity index (χ1n) is 9.40. The topological polar surface area (TPSA) is 96.2 Å². The lowest BCUT2D eigenvalue weighted by Crippen LogP contribution is -2.19. The van der Waals surface area contributed by atoms with Gasteiger partial charge in [-0.2, -0.15) is 0 Å². The van der Waals surface area contributed by atoms with Crippen LogP contribution in [0.4, 0.5) is 0 Å². The van der Waals surface area contributed by atoms with Gasteiger partial charge in [0.25, 0.3) is 0 Å². The summed E-state index contributed by atoms with van der Waals surface area (Å²) in [5, 5.41) is 10.7. The van der Waals surface area contributed by atoms with Crippen molar-refractivity contribution in [3.8, 4) is 0 Å². The number of carbonyl (C=O) groups excluding carboxylic acids is 2. The molecule has 1 aromatic carbocycles. The lowest BCUT2D eigenvalue weighted by atomic mass is 9.88. The lowest BCUT2D eigenvalue weighted by Gasteiger charge is -2.15. The van der Waals surface area contributed by atoms with Gasteiger partial charge in [0, 0.05) is 11.8 Å². The Balaban J connectivity index is 1.66. The van der Waals surface area contributed by atoms with Crippen LogP contribution in [0.3, 0.4) is 0 Å². The molecule has 144 valence electrons. The molecule has 1 aliphatic carbocycles. The van der Waals surface area contributed by atoms with Crippen LogP contribution >= 0.6 is 0 Å². The molecule has 0 radical (unpaired) electrons. The molecule has 0 bridgehead atoms. The number of aliphatic hydroxyl groups is 1. The fourth-order valence-corrected chi connectivity index (χ4v) is 4.06. The Morgan fingerprint density at radius 2 is 2.11 bits per heavy atom. The number of furan rings is 1. The zero-order valence-electron chi connectivity index (χ0n) is 15.9. The predicted molar refractivity (Wildman–Crippen MR) is 104 cm³/mol. The molecule has 0 saturated heterocycles. The number of hydrogen-bond donors (Lipinski definition) is 2. The van der Waals surface area contributed by atoms with E-state index in [1.807, 2.05) is 37.3 Å². The van der Waals surface area contributed by atoms with Crippen molar-refractivity contribution in [2.75, 3.05) is 0 Å². The largest absolute Gasteiger partial charge is 0.504 e. The number of aromatic nitrogens is 2. The minimum atomic E-state index is -0.420. The van der Waals surface area contributed by atoms with Crippen LogP contribution in [0, 0.1) is 12.8 Å². The van der Waals surface area contributed by atoms with Crippen molar-refractivity contribution in [1.29, 1.82) is 0 Å². The number of fused-ring (bicyclic) bond motifs is 1. The number of aliphatic hydroxyl groups excluding tert-OH is 1. The van der Waals surface area contributed by atoms with Gasteiger partial charge < -0.3 is 14.5 Å². The Labute approximate surface area is 162 Å². The van der Waals surface area contributed by atoms with Crippen LogP contribution in [0.1, 0.15) is 42.8 Å². The summed E-state index contributed by atoms with van der Waals surface area (Å²) in [7, 11) is 0. The summed E-state index contributed by atoms with van der Waals surface area (Å²) in [4.78, 5) is 32.5. The molecule has 2 aromatic heterocycles. The maximum Gasteiger partial charge on any atom is 0.200 e. The van der Waals surface area contributed by atoms with Crippen molar-refractivity contribution in [3.63, 3.8) is 0 Å². The second kappa shape index (κ2) is 7.11. The number of nitrogens with zero attached hydrogens (tertiary/aromatic N) is 1. The third kappa shape index (κ3) is 3.26. The van der Waals surface area contributed by atoms with Crippen LogP contribution in [0.2, 0.25) is 0 Å². The van der Waals surface area contributed by atoms with Gasteiger partial charge in [0.05, 0.1) is 22.9 Å². The Hall–Kier alpha value is -3.15. The Kier molecular flexibility index (Phi) is 4.63. The van der Waals surface area contributed by atoms with Crippen LogP contribution in [-0.2, 0) is 16.0 Å². The molecule has 3 aromatic rings. The highest BCUT2D eigenvalue weighted by Gasteiger charge is 2.36. The quantitative estimate of drug-likeness (QED) is 0.710. The van der Waals surface area contributed by atoms with Crippen molar-refractivity contribution in [2.45, 2.75) is 39.0 Å². The Morgan fingerprint density at radius 1 is 1.29 bits per heavy atom. The number of rotatable bonds is 4. The van der Waals surface area contributed by atoms with Gasteiger partial charge in [0.2, 0.25) is 5.78 Å². The summed E-state index contributed by atoms with van der Waals surface area (Å²) in [6.07, 6.45) is 3.25. The Morgan fingerprint density at radius 3 is 2.82 bits per heavy atom. The van der Waals surface area contributed by atoms with Gasteiger partial charge in [-0.1, -0.05) is 6.07 Å². The second-order valence-corrected chi connectivity index (χ2v) is 7.42. The number of nitrogens with one attached hydrogen (secondary N) is 1. The first-order valence-corrected chi connectivity index (χ1v) is 9.40. The zero-order valence-corrected chi connectivity index (χ0v) is 15.9. The lowest BCUT2D eigenvalue weighted by molar-refractivity contribution is -0.122. The van der Waals surface area contributed by atoms with Gasteiger partial charge in [-0.3, -0.25) is 9.59 Å². The standard InChI is InChI=1S/C22H22N2O4/c1-12-3-8-19(28-12)16-6-5-15(21(26)22(27)20(16)13(2)25)9-14-4-7-17-18(10-14)24-11-23-17/h3-4,7-8,10-11,15-16,27H,5-6,9H2,1-2H3,(H,23,24). The normalized spacial score (nSPS) is 20.6. The van der Waals surface area contributed by atoms with E-state index < -0.39 is 17.6 Å².